The van der Waals surface area contributed by atoms with E-state index in [4.69, 9.17) is 4.74 Å². The maximum Gasteiger partial charge on any atom is 0.243 e. The topological polar surface area (TPSA) is 41.6 Å². The number of rotatable bonds is 5. The molecule has 1 saturated heterocycles. The Hall–Kier alpha value is -0.870. The van der Waals surface area contributed by atoms with E-state index in [-0.39, 0.29) is 5.91 Å². The van der Waals surface area contributed by atoms with E-state index >= 15 is 0 Å². The van der Waals surface area contributed by atoms with Gasteiger partial charge in [-0.15, -0.1) is 0 Å². The van der Waals surface area contributed by atoms with Crippen molar-refractivity contribution in [1.29, 1.82) is 0 Å². The molecule has 1 amide bonds. The molecule has 0 aromatic heterocycles. The highest BCUT2D eigenvalue weighted by Crippen LogP contribution is 1.96. The molecule has 0 radical (unpaired) electrons. The quantitative estimate of drug-likeness (QED) is 0.761. The monoisotopic (exact) mass is 256 g/mol. The van der Waals surface area contributed by atoms with Gasteiger partial charge in [-0.2, -0.15) is 0 Å². The van der Waals surface area contributed by atoms with Crippen molar-refractivity contribution < 1.29 is 9.53 Å². The SMILES string of the molecule is CC.CC(C)CNC(=O)/C=C/CN1CCOCC1. The minimum absolute atomic E-state index is 0.00181. The summed E-state index contributed by atoms with van der Waals surface area (Å²) in [5, 5.41) is 2.85. The molecular formula is C14H28N2O2. The first-order chi connectivity index (χ1) is 8.68. The molecule has 106 valence electrons. The van der Waals surface area contributed by atoms with E-state index < -0.39 is 0 Å². The molecule has 0 atom stereocenters. The molecule has 0 aliphatic carbocycles. The zero-order valence-electron chi connectivity index (χ0n) is 12.2. The highest BCUT2D eigenvalue weighted by molar-refractivity contribution is 5.87. The van der Waals surface area contributed by atoms with Gasteiger partial charge in [-0.1, -0.05) is 33.8 Å². The van der Waals surface area contributed by atoms with Crippen LogP contribution in [0.15, 0.2) is 12.2 Å². The third kappa shape index (κ3) is 9.19. The van der Waals surface area contributed by atoms with E-state index in [1.54, 1.807) is 6.08 Å². The molecule has 1 rings (SSSR count). The minimum atomic E-state index is 0.00181. The molecule has 4 heteroatoms. The molecule has 4 nitrogen and oxygen atoms in total. The van der Waals surface area contributed by atoms with Crippen LogP contribution in [-0.2, 0) is 9.53 Å². The van der Waals surface area contributed by atoms with E-state index in [2.05, 4.69) is 24.1 Å². The Morgan fingerprint density at radius 3 is 2.50 bits per heavy atom. The Bertz CT molecular complexity index is 234. The lowest BCUT2D eigenvalue weighted by molar-refractivity contribution is -0.116. The molecule has 1 heterocycles. The van der Waals surface area contributed by atoms with Crippen molar-refractivity contribution in [3.8, 4) is 0 Å². The Balaban J connectivity index is 0.00000137. The van der Waals surface area contributed by atoms with Crippen LogP contribution in [0, 0.1) is 5.92 Å². The zero-order valence-corrected chi connectivity index (χ0v) is 12.2. The average Bonchev–Trinajstić information content (AvgIpc) is 2.40. The third-order valence-corrected chi connectivity index (χ3v) is 2.42. The lowest BCUT2D eigenvalue weighted by Gasteiger charge is -2.25. The van der Waals surface area contributed by atoms with Crippen LogP contribution in [0.5, 0.6) is 0 Å². The van der Waals surface area contributed by atoms with Crippen molar-refractivity contribution in [3.05, 3.63) is 12.2 Å². The minimum Gasteiger partial charge on any atom is -0.379 e. The van der Waals surface area contributed by atoms with Crippen LogP contribution < -0.4 is 5.32 Å². The van der Waals surface area contributed by atoms with E-state index in [9.17, 15) is 4.79 Å². The van der Waals surface area contributed by atoms with E-state index in [0.29, 0.717) is 5.92 Å². The highest BCUT2D eigenvalue weighted by Gasteiger charge is 2.07. The van der Waals surface area contributed by atoms with Crippen LogP contribution in [0.25, 0.3) is 0 Å². The van der Waals surface area contributed by atoms with Gasteiger partial charge in [0.25, 0.3) is 0 Å². The van der Waals surface area contributed by atoms with Gasteiger partial charge in [0.15, 0.2) is 0 Å². The van der Waals surface area contributed by atoms with E-state index in [1.165, 1.54) is 0 Å². The molecule has 1 aliphatic heterocycles. The molecule has 0 saturated carbocycles. The summed E-state index contributed by atoms with van der Waals surface area (Å²) in [6.45, 7) is 13.2. The number of nitrogens with zero attached hydrogens (tertiary/aromatic N) is 1. The van der Waals surface area contributed by atoms with Crippen LogP contribution >= 0.6 is 0 Å². The van der Waals surface area contributed by atoms with Gasteiger partial charge in [0.1, 0.15) is 0 Å². The normalized spacial score (nSPS) is 16.5. The summed E-state index contributed by atoms with van der Waals surface area (Å²) < 4.78 is 5.25. The fourth-order valence-electron chi connectivity index (χ4n) is 1.46. The van der Waals surface area contributed by atoms with Gasteiger partial charge in [0.05, 0.1) is 13.2 Å². The van der Waals surface area contributed by atoms with Crippen LogP contribution in [0.1, 0.15) is 27.7 Å². The summed E-state index contributed by atoms with van der Waals surface area (Å²) in [5.41, 5.74) is 0. The van der Waals surface area contributed by atoms with Crippen molar-refractivity contribution in [2.24, 2.45) is 5.92 Å². The summed E-state index contributed by atoms with van der Waals surface area (Å²) in [4.78, 5) is 13.6. The first kappa shape index (κ1) is 17.1. The Morgan fingerprint density at radius 2 is 1.94 bits per heavy atom. The zero-order chi connectivity index (χ0) is 13.8. The molecule has 0 spiro atoms. The number of nitrogens with one attached hydrogen (secondary N) is 1. The molecule has 18 heavy (non-hydrogen) atoms. The number of hydrogen-bond acceptors (Lipinski definition) is 3. The summed E-state index contributed by atoms with van der Waals surface area (Å²) >= 11 is 0. The van der Waals surface area contributed by atoms with Crippen LogP contribution in [-0.4, -0.2) is 50.2 Å². The molecule has 0 aromatic rings. The smallest absolute Gasteiger partial charge is 0.243 e. The van der Waals surface area contributed by atoms with Gasteiger partial charge < -0.3 is 10.1 Å². The van der Waals surface area contributed by atoms with E-state index in [1.807, 2.05) is 19.9 Å². The molecule has 1 N–H and O–H groups in total. The second-order valence-electron chi connectivity index (χ2n) is 4.45. The van der Waals surface area contributed by atoms with Crippen molar-refractivity contribution in [2.45, 2.75) is 27.7 Å². The molecule has 0 unspecified atom stereocenters. The standard InChI is InChI=1S/C12H22N2O2.C2H6/c1-11(2)10-13-12(15)4-3-5-14-6-8-16-9-7-14;1-2/h3-4,11H,5-10H2,1-2H3,(H,13,15);1-2H3/b4-3+;. The summed E-state index contributed by atoms with van der Waals surface area (Å²) in [6, 6.07) is 0. The maximum atomic E-state index is 11.3. The molecule has 1 aliphatic rings. The van der Waals surface area contributed by atoms with Crippen molar-refractivity contribution in [3.63, 3.8) is 0 Å². The Labute approximate surface area is 111 Å². The third-order valence-electron chi connectivity index (χ3n) is 2.42. The summed E-state index contributed by atoms with van der Waals surface area (Å²) in [7, 11) is 0. The van der Waals surface area contributed by atoms with Gasteiger partial charge >= 0.3 is 0 Å². The second kappa shape index (κ2) is 11.2. The second-order valence-corrected chi connectivity index (χ2v) is 4.45. The van der Waals surface area contributed by atoms with Crippen molar-refractivity contribution in [2.75, 3.05) is 39.4 Å². The lowest BCUT2D eigenvalue weighted by atomic mass is 10.2. The van der Waals surface area contributed by atoms with Gasteiger partial charge in [0.2, 0.25) is 5.91 Å². The van der Waals surface area contributed by atoms with Crippen LogP contribution in [0.4, 0.5) is 0 Å². The van der Waals surface area contributed by atoms with Crippen molar-refractivity contribution in [1.82, 2.24) is 10.2 Å². The van der Waals surface area contributed by atoms with Crippen LogP contribution in [0.2, 0.25) is 0 Å². The number of morpholine rings is 1. The summed E-state index contributed by atoms with van der Waals surface area (Å²) in [6.07, 6.45) is 3.54. The number of amides is 1. The van der Waals surface area contributed by atoms with Gasteiger partial charge in [-0.3, -0.25) is 9.69 Å². The number of carbonyl (C=O) groups is 1. The molecule has 0 bridgehead atoms. The Morgan fingerprint density at radius 1 is 1.33 bits per heavy atom. The Kier molecular flexibility index (Phi) is 10.7. The number of ether oxygens (including phenoxy) is 1. The molecular weight excluding hydrogens is 228 g/mol. The average molecular weight is 256 g/mol. The van der Waals surface area contributed by atoms with Gasteiger partial charge in [0, 0.05) is 32.3 Å². The predicted octanol–water partition coefficient (Wildman–Crippen LogP) is 1.67. The first-order valence-corrected chi connectivity index (χ1v) is 6.93. The predicted molar refractivity (Wildman–Crippen MR) is 75.6 cm³/mol. The summed E-state index contributed by atoms with van der Waals surface area (Å²) in [5.74, 6) is 0.499. The van der Waals surface area contributed by atoms with Crippen molar-refractivity contribution >= 4 is 5.91 Å². The largest absolute Gasteiger partial charge is 0.379 e. The lowest BCUT2D eigenvalue weighted by Crippen LogP contribution is -2.36. The highest BCUT2D eigenvalue weighted by atomic mass is 16.5. The number of carbonyl (C=O) groups excluding carboxylic acids is 1. The van der Waals surface area contributed by atoms with Gasteiger partial charge in [-0.05, 0) is 5.92 Å². The van der Waals surface area contributed by atoms with E-state index in [0.717, 1.165) is 39.4 Å². The maximum absolute atomic E-state index is 11.3. The fourth-order valence-corrected chi connectivity index (χ4v) is 1.46. The number of hydrogen-bond donors (Lipinski definition) is 1. The fraction of sp³-hybridized carbons (Fsp3) is 0.786. The molecule has 1 fully saturated rings. The first-order valence-electron chi connectivity index (χ1n) is 6.93. The van der Waals surface area contributed by atoms with Gasteiger partial charge in [-0.25, -0.2) is 0 Å². The van der Waals surface area contributed by atoms with Crippen LogP contribution in [0.3, 0.4) is 0 Å². The molecule has 0 aromatic carbocycles.